The monoisotopic (exact) mass is 428 g/mol. The molecular weight excluding hydrogens is 411 g/mol. The number of hydrogen-bond donors (Lipinski definition) is 1. The van der Waals surface area contributed by atoms with E-state index in [1.54, 1.807) is 37.6 Å². The van der Waals surface area contributed by atoms with Crippen molar-refractivity contribution in [1.29, 1.82) is 0 Å². The summed E-state index contributed by atoms with van der Waals surface area (Å²) >= 11 is 2.08. The molecule has 0 saturated carbocycles. The third-order valence-corrected chi connectivity index (χ3v) is 3.91. The van der Waals surface area contributed by atoms with Crippen LogP contribution in [0.4, 0.5) is 5.69 Å². The van der Waals surface area contributed by atoms with Gasteiger partial charge < -0.3 is 19.5 Å². The lowest BCUT2D eigenvalue weighted by Crippen LogP contribution is -2.15. The van der Waals surface area contributed by atoms with Crippen molar-refractivity contribution in [2.75, 3.05) is 26.1 Å². The summed E-state index contributed by atoms with van der Waals surface area (Å²) in [6.07, 6.45) is 1.61. The van der Waals surface area contributed by atoms with E-state index in [4.69, 9.17) is 14.2 Å². The van der Waals surface area contributed by atoms with Crippen LogP contribution in [0.25, 0.3) is 0 Å². The number of halogens is 1. The van der Waals surface area contributed by atoms with Crippen molar-refractivity contribution in [2.45, 2.75) is 6.92 Å². The predicted molar refractivity (Wildman–Crippen MR) is 95.6 cm³/mol. The Bertz CT molecular complexity index is 706. The molecule has 0 saturated heterocycles. The molecule has 1 heterocycles. The normalized spacial score (nSPS) is 10.1. The van der Waals surface area contributed by atoms with Gasteiger partial charge in [-0.1, -0.05) is 0 Å². The Kier molecular flexibility index (Phi) is 6.03. The van der Waals surface area contributed by atoms with E-state index in [9.17, 15) is 4.79 Å². The van der Waals surface area contributed by atoms with Gasteiger partial charge in [-0.15, -0.1) is 0 Å². The number of nitrogens with one attached hydrogen (secondary N) is 1. The number of carbonyl (C=O) groups is 1. The van der Waals surface area contributed by atoms with Crippen LogP contribution in [-0.2, 0) is 0 Å². The first-order valence-electron chi connectivity index (χ1n) is 6.91. The van der Waals surface area contributed by atoms with E-state index < -0.39 is 0 Å². The number of pyridine rings is 1. The standard InChI is InChI=1S/C16H17IN2O4/c1-4-23-16-12(6-5-7-18-16)19-15(20)10-8-13(21-2)14(22-3)9-11(10)17/h5-9H,4H2,1-3H3,(H,19,20). The summed E-state index contributed by atoms with van der Waals surface area (Å²) < 4.78 is 16.6. The molecule has 1 amide bonds. The average molecular weight is 428 g/mol. The SMILES string of the molecule is CCOc1ncccc1NC(=O)c1cc(OC)c(OC)cc1I. The number of methoxy groups -OCH3 is 2. The van der Waals surface area contributed by atoms with Crippen molar-refractivity contribution in [3.05, 3.63) is 39.6 Å². The fourth-order valence-electron chi connectivity index (χ4n) is 1.96. The number of benzene rings is 1. The molecule has 2 rings (SSSR count). The van der Waals surface area contributed by atoms with Gasteiger partial charge in [-0.25, -0.2) is 4.98 Å². The van der Waals surface area contributed by atoms with Crippen LogP contribution in [-0.4, -0.2) is 31.7 Å². The zero-order valence-corrected chi connectivity index (χ0v) is 15.2. The van der Waals surface area contributed by atoms with Gasteiger partial charge in [0.15, 0.2) is 11.5 Å². The second kappa shape index (κ2) is 8.00. The van der Waals surface area contributed by atoms with Gasteiger partial charge in [0.2, 0.25) is 5.88 Å². The minimum Gasteiger partial charge on any atom is -0.493 e. The van der Waals surface area contributed by atoms with Crippen LogP contribution in [0.5, 0.6) is 17.4 Å². The van der Waals surface area contributed by atoms with E-state index in [2.05, 4.69) is 32.9 Å². The quantitative estimate of drug-likeness (QED) is 0.715. The Balaban J connectivity index is 2.31. The number of hydrogen-bond acceptors (Lipinski definition) is 5. The number of ether oxygens (including phenoxy) is 3. The molecule has 0 aliphatic heterocycles. The van der Waals surface area contributed by atoms with E-state index in [0.717, 1.165) is 3.57 Å². The summed E-state index contributed by atoms with van der Waals surface area (Å²) in [5.41, 5.74) is 1.000. The lowest BCUT2D eigenvalue weighted by molar-refractivity contribution is 0.102. The van der Waals surface area contributed by atoms with Gasteiger partial charge in [0.1, 0.15) is 5.69 Å². The van der Waals surface area contributed by atoms with E-state index in [1.807, 2.05) is 6.92 Å². The fraction of sp³-hybridized carbons (Fsp3) is 0.250. The van der Waals surface area contributed by atoms with Crippen molar-refractivity contribution in [3.8, 4) is 17.4 Å². The smallest absolute Gasteiger partial charge is 0.257 e. The fourth-order valence-corrected chi connectivity index (χ4v) is 2.64. The Labute approximate surface area is 148 Å². The number of aromatic nitrogens is 1. The van der Waals surface area contributed by atoms with E-state index in [1.165, 1.54) is 7.11 Å². The van der Waals surface area contributed by atoms with Gasteiger partial charge >= 0.3 is 0 Å². The second-order valence-electron chi connectivity index (χ2n) is 4.43. The van der Waals surface area contributed by atoms with Gasteiger partial charge in [0.25, 0.3) is 5.91 Å². The van der Waals surface area contributed by atoms with E-state index in [-0.39, 0.29) is 5.91 Å². The summed E-state index contributed by atoms with van der Waals surface area (Å²) in [7, 11) is 3.08. The maximum atomic E-state index is 12.6. The molecule has 0 aliphatic carbocycles. The molecule has 0 unspecified atom stereocenters. The van der Waals surface area contributed by atoms with E-state index in [0.29, 0.717) is 35.2 Å². The minimum atomic E-state index is -0.274. The molecule has 1 aromatic carbocycles. The van der Waals surface area contributed by atoms with Gasteiger partial charge in [-0.3, -0.25) is 4.79 Å². The number of anilines is 1. The molecule has 0 fully saturated rings. The highest BCUT2D eigenvalue weighted by molar-refractivity contribution is 14.1. The lowest BCUT2D eigenvalue weighted by atomic mass is 10.2. The molecular formula is C16H17IN2O4. The molecule has 23 heavy (non-hydrogen) atoms. The first-order chi connectivity index (χ1) is 11.1. The summed E-state index contributed by atoms with van der Waals surface area (Å²) in [6, 6.07) is 6.87. The Hall–Kier alpha value is -2.03. The molecule has 6 nitrogen and oxygen atoms in total. The average Bonchev–Trinajstić information content (AvgIpc) is 2.56. The first-order valence-corrected chi connectivity index (χ1v) is 7.99. The molecule has 0 atom stereocenters. The van der Waals surface area contributed by atoms with Crippen molar-refractivity contribution >= 4 is 34.2 Å². The van der Waals surface area contributed by atoms with Gasteiger partial charge in [0, 0.05) is 9.77 Å². The Morgan fingerprint density at radius 1 is 1.26 bits per heavy atom. The third-order valence-electron chi connectivity index (χ3n) is 3.02. The zero-order valence-electron chi connectivity index (χ0n) is 13.1. The van der Waals surface area contributed by atoms with E-state index >= 15 is 0 Å². The van der Waals surface area contributed by atoms with Crippen LogP contribution >= 0.6 is 22.6 Å². The van der Waals surface area contributed by atoms with Crippen molar-refractivity contribution in [3.63, 3.8) is 0 Å². The van der Waals surface area contributed by atoms with Crippen molar-refractivity contribution in [1.82, 2.24) is 4.98 Å². The Morgan fingerprint density at radius 2 is 1.96 bits per heavy atom. The Morgan fingerprint density at radius 3 is 2.61 bits per heavy atom. The topological polar surface area (TPSA) is 69.7 Å². The maximum absolute atomic E-state index is 12.6. The van der Waals surface area contributed by atoms with Crippen LogP contribution in [0, 0.1) is 3.57 Å². The number of amides is 1. The van der Waals surface area contributed by atoms with Crippen molar-refractivity contribution in [2.24, 2.45) is 0 Å². The first kappa shape index (κ1) is 17.3. The molecule has 0 aliphatic rings. The number of carbonyl (C=O) groups excluding carboxylic acids is 1. The highest BCUT2D eigenvalue weighted by Crippen LogP contribution is 2.32. The largest absolute Gasteiger partial charge is 0.493 e. The highest BCUT2D eigenvalue weighted by atomic mass is 127. The summed E-state index contributed by atoms with van der Waals surface area (Å²) in [5, 5.41) is 2.81. The number of nitrogens with zero attached hydrogens (tertiary/aromatic N) is 1. The molecule has 2 aromatic rings. The molecule has 0 bridgehead atoms. The van der Waals surface area contributed by atoms with Crippen LogP contribution in [0.2, 0.25) is 0 Å². The molecule has 1 aromatic heterocycles. The second-order valence-corrected chi connectivity index (χ2v) is 5.59. The molecule has 122 valence electrons. The van der Waals surface area contributed by atoms with Crippen LogP contribution in [0.1, 0.15) is 17.3 Å². The minimum absolute atomic E-state index is 0.274. The summed E-state index contributed by atoms with van der Waals surface area (Å²) in [4.78, 5) is 16.7. The highest BCUT2D eigenvalue weighted by Gasteiger charge is 2.17. The summed E-state index contributed by atoms with van der Waals surface area (Å²) in [6.45, 7) is 2.32. The molecule has 0 spiro atoms. The van der Waals surface area contributed by atoms with Crippen LogP contribution < -0.4 is 19.5 Å². The lowest BCUT2D eigenvalue weighted by Gasteiger charge is -2.13. The molecule has 7 heteroatoms. The van der Waals surface area contributed by atoms with Gasteiger partial charge in [-0.2, -0.15) is 0 Å². The third kappa shape index (κ3) is 4.04. The maximum Gasteiger partial charge on any atom is 0.257 e. The molecule has 1 N–H and O–H groups in total. The van der Waals surface area contributed by atoms with Crippen molar-refractivity contribution < 1.29 is 19.0 Å². The predicted octanol–water partition coefficient (Wildman–Crippen LogP) is 3.35. The molecule has 0 radical (unpaired) electrons. The number of rotatable bonds is 6. The van der Waals surface area contributed by atoms with Gasteiger partial charge in [-0.05, 0) is 53.8 Å². The van der Waals surface area contributed by atoms with Crippen LogP contribution in [0.15, 0.2) is 30.5 Å². The van der Waals surface area contributed by atoms with Gasteiger partial charge in [0.05, 0.1) is 26.4 Å². The van der Waals surface area contributed by atoms with Crippen LogP contribution in [0.3, 0.4) is 0 Å². The zero-order chi connectivity index (χ0) is 16.8. The summed E-state index contributed by atoms with van der Waals surface area (Å²) in [5.74, 6) is 1.18.